The number of carbonyl (C=O) groups excluding carboxylic acids is 1. The first-order valence-electron chi connectivity index (χ1n) is 7.41. The van der Waals surface area contributed by atoms with Gasteiger partial charge in [-0.2, -0.15) is 0 Å². The van der Waals surface area contributed by atoms with E-state index in [0.29, 0.717) is 24.9 Å². The predicted molar refractivity (Wildman–Crippen MR) is 77.1 cm³/mol. The highest BCUT2D eigenvalue weighted by atomic mass is 16.5. The lowest BCUT2D eigenvalue weighted by Gasteiger charge is -2.29. The zero-order chi connectivity index (χ0) is 13.7. The number of rotatable bonds is 4. The number of ether oxygens (including phenoxy) is 1. The Labute approximate surface area is 116 Å². The summed E-state index contributed by atoms with van der Waals surface area (Å²) in [6, 6.07) is 8.86. The molecule has 1 saturated carbocycles. The molecule has 19 heavy (non-hydrogen) atoms. The molecule has 1 fully saturated rings. The molecule has 0 spiro atoms. The smallest absolute Gasteiger partial charge is 0.306 e. The zero-order valence-corrected chi connectivity index (χ0v) is 12.0. The molecule has 0 amide bonds. The van der Waals surface area contributed by atoms with Crippen LogP contribution in [0.2, 0.25) is 0 Å². The highest BCUT2D eigenvalue weighted by Crippen LogP contribution is 2.37. The van der Waals surface area contributed by atoms with Crippen LogP contribution in [0.1, 0.15) is 56.1 Å². The van der Waals surface area contributed by atoms with E-state index in [2.05, 4.69) is 31.2 Å². The van der Waals surface area contributed by atoms with Crippen LogP contribution in [0.4, 0.5) is 0 Å². The van der Waals surface area contributed by atoms with E-state index in [9.17, 15) is 4.79 Å². The molecule has 1 aromatic carbocycles. The van der Waals surface area contributed by atoms with Gasteiger partial charge < -0.3 is 4.74 Å². The summed E-state index contributed by atoms with van der Waals surface area (Å²) in [7, 11) is 0. The fourth-order valence-corrected chi connectivity index (χ4v) is 3.07. The van der Waals surface area contributed by atoms with Crippen molar-refractivity contribution in [2.75, 3.05) is 6.61 Å². The van der Waals surface area contributed by atoms with Crippen molar-refractivity contribution >= 4 is 5.97 Å². The Morgan fingerprint density at radius 2 is 2.00 bits per heavy atom. The first-order chi connectivity index (χ1) is 9.19. The number of esters is 1. The number of hydrogen-bond donors (Lipinski definition) is 0. The van der Waals surface area contributed by atoms with Crippen molar-refractivity contribution in [2.45, 2.75) is 51.9 Å². The van der Waals surface area contributed by atoms with Crippen molar-refractivity contribution in [3.05, 3.63) is 35.4 Å². The lowest BCUT2D eigenvalue weighted by molar-refractivity contribution is -0.144. The zero-order valence-electron chi connectivity index (χ0n) is 12.0. The molecule has 1 aromatic rings. The Morgan fingerprint density at radius 3 is 2.68 bits per heavy atom. The van der Waals surface area contributed by atoms with Crippen LogP contribution in [0.15, 0.2) is 24.3 Å². The Morgan fingerprint density at radius 1 is 1.26 bits per heavy atom. The summed E-state index contributed by atoms with van der Waals surface area (Å²) >= 11 is 0. The van der Waals surface area contributed by atoms with Crippen molar-refractivity contribution in [1.82, 2.24) is 0 Å². The first-order valence-corrected chi connectivity index (χ1v) is 7.41. The van der Waals surface area contributed by atoms with Gasteiger partial charge in [-0.3, -0.25) is 4.79 Å². The number of benzene rings is 1. The predicted octanol–water partition coefficient (Wildman–Crippen LogP) is 4.22. The summed E-state index contributed by atoms with van der Waals surface area (Å²) in [5.41, 5.74) is 2.74. The summed E-state index contributed by atoms with van der Waals surface area (Å²) in [5, 5.41) is 0. The summed E-state index contributed by atoms with van der Waals surface area (Å²) in [4.78, 5) is 11.6. The highest BCUT2D eigenvalue weighted by Gasteiger charge is 2.25. The van der Waals surface area contributed by atoms with Gasteiger partial charge in [0.25, 0.3) is 0 Å². The molecule has 0 heterocycles. The van der Waals surface area contributed by atoms with Crippen molar-refractivity contribution < 1.29 is 9.53 Å². The fourth-order valence-electron chi connectivity index (χ4n) is 3.07. The molecule has 1 aliphatic rings. The Bertz CT molecular complexity index is 408. The lowest BCUT2D eigenvalue weighted by Crippen LogP contribution is -2.18. The molecule has 0 aromatic heterocycles. The summed E-state index contributed by atoms with van der Waals surface area (Å²) in [6.07, 6.45) is 5.37. The van der Waals surface area contributed by atoms with Crippen molar-refractivity contribution in [3.63, 3.8) is 0 Å². The SMILES string of the molecule is CCOC(=O)CC1CCCC(c2ccc(C)cc2)C1. The van der Waals surface area contributed by atoms with Crippen molar-refractivity contribution in [3.8, 4) is 0 Å². The molecule has 2 rings (SSSR count). The van der Waals surface area contributed by atoms with Gasteiger partial charge in [0, 0.05) is 6.42 Å². The number of hydrogen-bond acceptors (Lipinski definition) is 2. The largest absolute Gasteiger partial charge is 0.466 e. The maximum atomic E-state index is 11.6. The molecule has 2 atom stereocenters. The van der Waals surface area contributed by atoms with E-state index in [1.165, 1.54) is 30.4 Å². The second-order valence-electron chi connectivity index (χ2n) is 5.65. The maximum absolute atomic E-state index is 11.6. The molecule has 2 heteroatoms. The Balaban J connectivity index is 1.93. The normalized spacial score (nSPS) is 23.1. The van der Waals surface area contributed by atoms with Crippen LogP contribution in [-0.2, 0) is 9.53 Å². The second kappa shape index (κ2) is 6.74. The standard InChI is InChI=1S/C17H24O2/c1-3-19-17(18)12-14-5-4-6-16(11-14)15-9-7-13(2)8-10-15/h7-10,14,16H,3-6,11-12H2,1-2H3. The van der Waals surface area contributed by atoms with Crippen molar-refractivity contribution in [1.29, 1.82) is 0 Å². The van der Waals surface area contributed by atoms with Crippen LogP contribution in [0.3, 0.4) is 0 Å². The molecule has 0 bridgehead atoms. The summed E-state index contributed by atoms with van der Waals surface area (Å²) < 4.78 is 5.06. The van der Waals surface area contributed by atoms with E-state index in [1.54, 1.807) is 0 Å². The van der Waals surface area contributed by atoms with Gasteiger partial charge in [0.1, 0.15) is 0 Å². The topological polar surface area (TPSA) is 26.3 Å². The molecule has 0 saturated heterocycles. The van der Waals surface area contributed by atoms with Gasteiger partial charge in [-0.1, -0.05) is 36.2 Å². The molecular weight excluding hydrogens is 236 g/mol. The van der Waals surface area contributed by atoms with Crippen LogP contribution in [0.25, 0.3) is 0 Å². The van der Waals surface area contributed by atoms with Gasteiger partial charge in [0.2, 0.25) is 0 Å². The molecule has 2 unspecified atom stereocenters. The first kappa shape index (κ1) is 14.1. The quantitative estimate of drug-likeness (QED) is 0.758. The van der Waals surface area contributed by atoms with Crippen LogP contribution < -0.4 is 0 Å². The van der Waals surface area contributed by atoms with Gasteiger partial charge in [0.05, 0.1) is 6.61 Å². The summed E-state index contributed by atoms with van der Waals surface area (Å²) in [5.74, 6) is 1.09. The van der Waals surface area contributed by atoms with Gasteiger partial charge >= 0.3 is 5.97 Å². The van der Waals surface area contributed by atoms with Gasteiger partial charge in [-0.05, 0) is 50.5 Å². The Kier molecular flexibility index (Phi) is 5.00. The van der Waals surface area contributed by atoms with E-state index in [4.69, 9.17) is 4.74 Å². The average Bonchev–Trinajstić information content (AvgIpc) is 2.40. The lowest BCUT2D eigenvalue weighted by atomic mass is 9.77. The average molecular weight is 260 g/mol. The van der Waals surface area contributed by atoms with Gasteiger partial charge in [-0.15, -0.1) is 0 Å². The van der Waals surface area contributed by atoms with E-state index < -0.39 is 0 Å². The maximum Gasteiger partial charge on any atom is 0.306 e. The molecule has 0 aliphatic heterocycles. The van der Waals surface area contributed by atoms with Crippen LogP contribution in [0.5, 0.6) is 0 Å². The van der Waals surface area contributed by atoms with Crippen LogP contribution in [-0.4, -0.2) is 12.6 Å². The van der Waals surface area contributed by atoms with Crippen LogP contribution in [0, 0.1) is 12.8 Å². The minimum absolute atomic E-state index is 0.0305. The molecular formula is C17H24O2. The molecule has 0 N–H and O–H groups in total. The molecule has 2 nitrogen and oxygen atoms in total. The molecule has 1 aliphatic carbocycles. The van der Waals surface area contributed by atoms with Crippen LogP contribution >= 0.6 is 0 Å². The monoisotopic (exact) mass is 260 g/mol. The molecule has 104 valence electrons. The van der Waals surface area contributed by atoms with E-state index in [0.717, 1.165) is 6.42 Å². The van der Waals surface area contributed by atoms with Gasteiger partial charge in [0.15, 0.2) is 0 Å². The van der Waals surface area contributed by atoms with Gasteiger partial charge in [-0.25, -0.2) is 0 Å². The third-order valence-corrected chi connectivity index (χ3v) is 4.09. The number of aryl methyl sites for hydroxylation is 1. The minimum atomic E-state index is -0.0305. The highest BCUT2D eigenvalue weighted by molar-refractivity contribution is 5.69. The second-order valence-corrected chi connectivity index (χ2v) is 5.65. The Hall–Kier alpha value is -1.31. The van der Waals surface area contributed by atoms with E-state index in [-0.39, 0.29) is 5.97 Å². The third kappa shape index (κ3) is 4.09. The number of carbonyl (C=O) groups is 1. The van der Waals surface area contributed by atoms with E-state index >= 15 is 0 Å². The minimum Gasteiger partial charge on any atom is -0.466 e. The third-order valence-electron chi connectivity index (χ3n) is 4.09. The van der Waals surface area contributed by atoms with Crippen molar-refractivity contribution in [2.24, 2.45) is 5.92 Å². The fraction of sp³-hybridized carbons (Fsp3) is 0.588. The summed E-state index contributed by atoms with van der Waals surface area (Å²) in [6.45, 7) is 4.48. The molecule has 0 radical (unpaired) electrons. The van der Waals surface area contributed by atoms with E-state index in [1.807, 2.05) is 6.92 Å².